The Hall–Kier alpha value is -2.50. The van der Waals surface area contributed by atoms with Gasteiger partial charge < -0.3 is 30.0 Å². The Morgan fingerprint density at radius 3 is 1.37 bits per heavy atom. The van der Waals surface area contributed by atoms with E-state index in [-0.39, 0.29) is 39.7 Å². The predicted molar refractivity (Wildman–Crippen MR) is 92.9 cm³/mol. The van der Waals surface area contributed by atoms with Crippen LogP contribution >= 0.6 is 0 Å². The summed E-state index contributed by atoms with van der Waals surface area (Å²) in [6, 6.07) is 9.32. The van der Waals surface area contributed by atoms with Gasteiger partial charge in [0.05, 0.1) is 11.9 Å². The summed E-state index contributed by atoms with van der Waals surface area (Å²) < 4.78 is 0. The van der Waals surface area contributed by atoms with Crippen LogP contribution in [0, 0.1) is 0 Å². The van der Waals surface area contributed by atoms with Crippen LogP contribution in [0.5, 0.6) is 11.5 Å². The minimum Gasteiger partial charge on any atom is -0.545 e. The van der Waals surface area contributed by atoms with Crippen molar-refractivity contribution in [2.45, 2.75) is 39.5 Å². The first-order chi connectivity index (χ1) is 12.3. The van der Waals surface area contributed by atoms with E-state index in [9.17, 15) is 30.0 Å². The average molecular weight is 422 g/mol. The third-order valence-electron chi connectivity index (χ3n) is 3.72. The first-order valence-corrected chi connectivity index (χ1v) is 8.37. The number of phenols is 2. The van der Waals surface area contributed by atoms with Crippen LogP contribution in [-0.4, -0.2) is 22.2 Å². The standard InChI is InChI=1S/2C10H12O3.Cu/c2*1-2-4-7-5-3-6-8(9(7)11)10(12)13;/h2*3,5-6,11H,2,4H2,1H3,(H,12,13);/q;;+2/p-2. The van der Waals surface area contributed by atoms with Gasteiger partial charge >= 0.3 is 17.1 Å². The van der Waals surface area contributed by atoms with Gasteiger partial charge in [-0.3, -0.25) is 0 Å². The Morgan fingerprint density at radius 2 is 1.11 bits per heavy atom. The number of para-hydroxylation sites is 2. The molecule has 7 heteroatoms. The number of hydrogen-bond acceptors (Lipinski definition) is 6. The number of carbonyl (C=O) groups excluding carboxylic acids is 2. The normalized spacial score (nSPS) is 9.56. The average Bonchev–Trinajstić information content (AvgIpc) is 2.59. The van der Waals surface area contributed by atoms with E-state index >= 15 is 0 Å². The van der Waals surface area contributed by atoms with Crippen molar-refractivity contribution < 1.29 is 47.1 Å². The van der Waals surface area contributed by atoms with Gasteiger partial charge in [0.1, 0.15) is 11.5 Å². The van der Waals surface area contributed by atoms with Crippen LogP contribution in [0.1, 0.15) is 58.5 Å². The Morgan fingerprint density at radius 1 is 0.778 bits per heavy atom. The van der Waals surface area contributed by atoms with Crippen molar-refractivity contribution in [3.05, 3.63) is 58.7 Å². The molecule has 0 heterocycles. The Labute approximate surface area is 169 Å². The van der Waals surface area contributed by atoms with Gasteiger partial charge in [-0.15, -0.1) is 0 Å². The first-order valence-electron chi connectivity index (χ1n) is 8.37. The molecule has 0 atom stereocenters. The smallest absolute Gasteiger partial charge is 0.545 e. The van der Waals surface area contributed by atoms with E-state index in [0.29, 0.717) is 24.0 Å². The monoisotopic (exact) mass is 421 g/mol. The molecule has 2 aromatic carbocycles. The third-order valence-corrected chi connectivity index (χ3v) is 3.72. The van der Waals surface area contributed by atoms with Gasteiger partial charge in [0.2, 0.25) is 0 Å². The number of carboxylic acids is 2. The second kappa shape index (κ2) is 12.0. The molecule has 0 spiro atoms. The maximum atomic E-state index is 10.5. The fourth-order valence-electron chi connectivity index (χ4n) is 2.45. The molecular formula is C20H22CuO6. The van der Waals surface area contributed by atoms with E-state index in [1.165, 1.54) is 12.1 Å². The van der Waals surface area contributed by atoms with Crippen molar-refractivity contribution in [3.63, 3.8) is 0 Å². The van der Waals surface area contributed by atoms with Crippen molar-refractivity contribution in [3.8, 4) is 11.5 Å². The summed E-state index contributed by atoms with van der Waals surface area (Å²) in [5, 5.41) is 40.0. The molecular weight excluding hydrogens is 400 g/mol. The van der Waals surface area contributed by atoms with Crippen molar-refractivity contribution in [1.29, 1.82) is 0 Å². The number of aryl methyl sites for hydroxylation is 2. The fraction of sp³-hybridized carbons (Fsp3) is 0.300. The van der Waals surface area contributed by atoms with E-state index in [2.05, 4.69) is 0 Å². The molecule has 0 amide bonds. The summed E-state index contributed by atoms with van der Waals surface area (Å²) in [5.74, 6) is -3.00. The van der Waals surface area contributed by atoms with Crippen molar-refractivity contribution in [2.75, 3.05) is 0 Å². The number of carboxylic acid groups (broad SMARTS) is 2. The van der Waals surface area contributed by atoms with Crippen LogP contribution in [0.15, 0.2) is 36.4 Å². The second-order valence-electron chi connectivity index (χ2n) is 5.70. The van der Waals surface area contributed by atoms with E-state index < -0.39 is 11.9 Å². The number of carbonyl (C=O) groups is 2. The number of rotatable bonds is 6. The van der Waals surface area contributed by atoms with Crippen molar-refractivity contribution >= 4 is 11.9 Å². The van der Waals surface area contributed by atoms with Crippen LogP contribution < -0.4 is 10.2 Å². The summed E-state index contributed by atoms with van der Waals surface area (Å²) in [4.78, 5) is 21.0. The molecule has 2 rings (SSSR count). The summed E-state index contributed by atoms with van der Waals surface area (Å²) in [6.07, 6.45) is 3.08. The van der Waals surface area contributed by atoms with Gasteiger partial charge in [-0.2, -0.15) is 0 Å². The van der Waals surface area contributed by atoms with Crippen LogP contribution in [0.4, 0.5) is 0 Å². The van der Waals surface area contributed by atoms with Crippen molar-refractivity contribution in [1.82, 2.24) is 0 Å². The van der Waals surface area contributed by atoms with Gasteiger partial charge in [-0.05, 0) is 36.1 Å². The molecule has 0 aliphatic heterocycles. The maximum absolute atomic E-state index is 10.5. The molecule has 0 aliphatic rings. The molecule has 1 radical (unpaired) electrons. The summed E-state index contributed by atoms with van der Waals surface area (Å²) >= 11 is 0. The summed E-state index contributed by atoms with van der Waals surface area (Å²) in [5.41, 5.74) is 1.05. The van der Waals surface area contributed by atoms with E-state index in [1.807, 2.05) is 13.8 Å². The molecule has 0 saturated carbocycles. The minimum atomic E-state index is -1.34. The van der Waals surface area contributed by atoms with Gasteiger partial charge in [-0.25, -0.2) is 0 Å². The largest absolute Gasteiger partial charge is 2.00 e. The molecule has 27 heavy (non-hydrogen) atoms. The molecule has 2 aromatic rings. The summed E-state index contributed by atoms with van der Waals surface area (Å²) in [7, 11) is 0. The molecule has 0 unspecified atom stereocenters. The quantitative estimate of drug-likeness (QED) is 0.680. The van der Waals surface area contributed by atoms with E-state index in [0.717, 1.165) is 12.8 Å². The predicted octanol–water partition coefficient (Wildman–Crippen LogP) is 1.41. The Kier molecular flexibility index (Phi) is 10.9. The van der Waals surface area contributed by atoms with Gasteiger partial charge in [0, 0.05) is 11.1 Å². The Bertz CT molecular complexity index is 708. The number of benzene rings is 2. The Balaban J connectivity index is 0.000000483. The van der Waals surface area contributed by atoms with Gasteiger partial charge in [0.25, 0.3) is 0 Å². The van der Waals surface area contributed by atoms with E-state index in [4.69, 9.17) is 0 Å². The van der Waals surface area contributed by atoms with Crippen LogP contribution in [0.2, 0.25) is 0 Å². The zero-order valence-electron chi connectivity index (χ0n) is 15.1. The topological polar surface area (TPSA) is 121 Å². The maximum Gasteiger partial charge on any atom is 2.00 e. The molecule has 6 nitrogen and oxygen atoms in total. The first kappa shape index (κ1) is 24.5. The SMILES string of the molecule is CCCc1cccc(C(=O)[O-])c1O.CCCc1cccc(C(=O)[O-])c1O.[Cu+2]. The fourth-order valence-corrected chi connectivity index (χ4v) is 2.45. The van der Waals surface area contributed by atoms with Gasteiger partial charge in [-0.1, -0.05) is 51.0 Å². The molecule has 0 aromatic heterocycles. The van der Waals surface area contributed by atoms with Crippen LogP contribution in [0.3, 0.4) is 0 Å². The van der Waals surface area contributed by atoms with Gasteiger partial charge in [0.15, 0.2) is 0 Å². The number of aromatic hydroxyl groups is 2. The minimum absolute atomic E-state index is 0. The molecule has 2 N–H and O–H groups in total. The zero-order valence-corrected chi connectivity index (χ0v) is 16.1. The molecule has 0 saturated heterocycles. The molecule has 0 fully saturated rings. The zero-order chi connectivity index (χ0) is 19.7. The number of aromatic carboxylic acids is 2. The van der Waals surface area contributed by atoms with Crippen molar-refractivity contribution in [2.24, 2.45) is 0 Å². The molecule has 0 bridgehead atoms. The molecule has 149 valence electrons. The number of hydrogen-bond donors (Lipinski definition) is 2. The molecule has 0 aliphatic carbocycles. The second-order valence-corrected chi connectivity index (χ2v) is 5.70. The van der Waals surface area contributed by atoms with E-state index in [1.54, 1.807) is 24.3 Å². The van der Waals surface area contributed by atoms with Crippen LogP contribution in [0.25, 0.3) is 0 Å². The summed E-state index contributed by atoms with van der Waals surface area (Å²) in [6.45, 7) is 3.93. The third kappa shape index (κ3) is 6.96. The van der Waals surface area contributed by atoms with Crippen LogP contribution in [-0.2, 0) is 29.9 Å².